The SMILES string of the molecule is O=C(O)CCc1ccc(NC(=O)CCCNC(=O)OCC2c3ccccc3-c3ccccc32)cc1. The van der Waals surface area contributed by atoms with Crippen LogP contribution in [0.15, 0.2) is 72.8 Å². The van der Waals surface area contributed by atoms with Gasteiger partial charge in [0.1, 0.15) is 6.61 Å². The molecule has 0 saturated carbocycles. The van der Waals surface area contributed by atoms with E-state index in [2.05, 4.69) is 34.9 Å². The number of aliphatic carboxylic acids is 1. The van der Waals surface area contributed by atoms with Crippen LogP contribution in [0.5, 0.6) is 0 Å². The summed E-state index contributed by atoms with van der Waals surface area (Å²) in [5.41, 5.74) is 6.23. The highest BCUT2D eigenvalue weighted by Gasteiger charge is 2.28. The number of ether oxygens (including phenoxy) is 1. The van der Waals surface area contributed by atoms with Crippen LogP contribution in [-0.4, -0.2) is 36.2 Å². The molecule has 180 valence electrons. The highest BCUT2D eigenvalue weighted by atomic mass is 16.5. The Morgan fingerprint density at radius 2 is 1.46 bits per heavy atom. The quantitative estimate of drug-likeness (QED) is 0.362. The Kier molecular flexibility index (Phi) is 7.77. The molecule has 2 amide bonds. The van der Waals surface area contributed by atoms with Gasteiger partial charge in [-0.1, -0.05) is 60.7 Å². The first-order chi connectivity index (χ1) is 17.0. The lowest BCUT2D eigenvalue weighted by Gasteiger charge is -2.14. The number of carbonyl (C=O) groups is 3. The van der Waals surface area contributed by atoms with Gasteiger partial charge < -0.3 is 20.5 Å². The Hall–Kier alpha value is -4.13. The largest absolute Gasteiger partial charge is 0.481 e. The van der Waals surface area contributed by atoms with E-state index in [0.29, 0.717) is 25.1 Å². The van der Waals surface area contributed by atoms with Crippen molar-refractivity contribution in [1.82, 2.24) is 5.32 Å². The lowest BCUT2D eigenvalue weighted by atomic mass is 9.98. The summed E-state index contributed by atoms with van der Waals surface area (Å²) in [5, 5.41) is 14.3. The second-order valence-electron chi connectivity index (χ2n) is 8.49. The first kappa shape index (κ1) is 24.0. The van der Waals surface area contributed by atoms with Crippen molar-refractivity contribution in [2.75, 3.05) is 18.5 Å². The van der Waals surface area contributed by atoms with Crippen molar-refractivity contribution in [3.63, 3.8) is 0 Å². The molecular formula is C28H28N2O5. The van der Waals surface area contributed by atoms with Gasteiger partial charge in [0, 0.05) is 31.0 Å². The molecule has 0 atom stereocenters. The number of alkyl carbamates (subject to hydrolysis) is 1. The fourth-order valence-corrected chi connectivity index (χ4v) is 4.32. The highest BCUT2D eigenvalue weighted by Crippen LogP contribution is 2.44. The number of hydrogen-bond acceptors (Lipinski definition) is 4. The third kappa shape index (κ3) is 6.26. The number of carboxylic acid groups (broad SMARTS) is 1. The number of benzene rings is 3. The Morgan fingerprint density at radius 1 is 0.829 bits per heavy atom. The van der Waals surface area contributed by atoms with E-state index in [9.17, 15) is 14.4 Å². The van der Waals surface area contributed by atoms with Gasteiger partial charge in [0.15, 0.2) is 0 Å². The predicted octanol–water partition coefficient (Wildman–Crippen LogP) is 4.96. The van der Waals surface area contributed by atoms with E-state index in [1.165, 1.54) is 11.1 Å². The van der Waals surface area contributed by atoms with Crippen LogP contribution in [0.2, 0.25) is 0 Å². The van der Waals surface area contributed by atoms with Crippen molar-refractivity contribution in [3.05, 3.63) is 89.5 Å². The van der Waals surface area contributed by atoms with E-state index in [1.54, 1.807) is 24.3 Å². The van der Waals surface area contributed by atoms with E-state index in [4.69, 9.17) is 9.84 Å². The zero-order valence-electron chi connectivity index (χ0n) is 19.3. The second kappa shape index (κ2) is 11.3. The van der Waals surface area contributed by atoms with Crippen LogP contribution >= 0.6 is 0 Å². The number of carbonyl (C=O) groups excluding carboxylic acids is 2. The Bertz CT molecular complexity index is 1160. The number of fused-ring (bicyclic) bond motifs is 3. The summed E-state index contributed by atoms with van der Waals surface area (Å²) in [5.74, 6) is -0.985. The number of aryl methyl sites for hydroxylation is 1. The van der Waals surface area contributed by atoms with Crippen LogP contribution in [0.4, 0.5) is 10.5 Å². The van der Waals surface area contributed by atoms with E-state index in [-0.39, 0.29) is 31.3 Å². The number of nitrogens with one attached hydrogen (secondary N) is 2. The molecule has 1 aliphatic carbocycles. The third-order valence-electron chi connectivity index (χ3n) is 6.06. The number of rotatable bonds is 10. The van der Waals surface area contributed by atoms with Gasteiger partial charge in [-0.05, 0) is 52.8 Å². The summed E-state index contributed by atoms with van der Waals surface area (Å²) in [7, 11) is 0. The Labute approximate surface area is 204 Å². The van der Waals surface area contributed by atoms with Gasteiger partial charge in [-0.15, -0.1) is 0 Å². The molecule has 0 spiro atoms. The first-order valence-corrected chi connectivity index (χ1v) is 11.7. The van der Waals surface area contributed by atoms with Crippen LogP contribution in [0.1, 0.15) is 41.9 Å². The molecule has 0 fully saturated rings. The molecule has 3 N–H and O–H groups in total. The minimum absolute atomic E-state index is 0.00874. The van der Waals surface area contributed by atoms with Gasteiger partial charge in [0.05, 0.1) is 0 Å². The van der Waals surface area contributed by atoms with Crippen LogP contribution in [0, 0.1) is 0 Å². The Balaban J connectivity index is 1.17. The summed E-state index contributed by atoms with van der Waals surface area (Å²) < 4.78 is 5.50. The molecule has 3 aromatic rings. The molecule has 1 aliphatic rings. The maximum Gasteiger partial charge on any atom is 0.407 e. The Morgan fingerprint density at radius 3 is 2.09 bits per heavy atom. The standard InChI is InChI=1S/C28H28N2O5/c31-26(30-20-14-11-19(12-15-20)13-16-27(32)33)10-5-17-29-28(34)35-18-25-23-8-3-1-6-21(23)22-7-2-4-9-24(22)25/h1-4,6-9,11-12,14-15,25H,5,10,13,16-18H2,(H,29,34)(H,30,31)(H,32,33). The smallest absolute Gasteiger partial charge is 0.407 e. The summed E-state index contributed by atoms with van der Waals surface area (Å²) in [6, 6.07) is 23.5. The fraction of sp³-hybridized carbons (Fsp3) is 0.250. The molecule has 4 rings (SSSR count). The maximum atomic E-state index is 12.2. The molecular weight excluding hydrogens is 444 g/mol. The first-order valence-electron chi connectivity index (χ1n) is 11.7. The van der Waals surface area contributed by atoms with Gasteiger partial charge in [-0.25, -0.2) is 4.79 Å². The number of hydrogen-bond donors (Lipinski definition) is 3. The van der Waals surface area contributed by atoms with Crippen molar-refractivity contribution in [1.29, 1.82) is 0 Å². The van der Waals surface area contributed by atoms with Crippen LogP contribution in [-0.2, 0) is 20.7 Å². The molecule has 0 aromatic heterocycles. The summed E-state index contributed by atoms with van der Waals surface area (Å²) in [6.45, 7) is 0.584. The zero-order valence-corrected chi connectivity index (χ0v) is 19.3. The lowest BCUT2D eigenvalue weighted by Crippen LogP contribution is -2.27. The van der Waals surface area contributed by atoms with Crippen LogP contribution in [0.25, 0.3) is 11.1 Å². The van der Waals surface area contributed by atoms with Crippen molar-refractivity contribution >= 4 is 23.7 Å². The number of carboxylic acids is 1. The maximum absolute atomic E-state index is 12.2. The van der Waals surface area contributed by atoms with Gasteiger partial charge in [-0.3, -0.25) is 9.59 Å². The van der Waals surface area contributed by atoms with E-state index < -0.39 is 12.1 Å². The fourth-order valence-electron chi connectivity index (χ4n) is 4.32. The minimum atomic E-state index is -0.839. The van der Waals surface area contributed by atoms with Crippen molar-refractivity contribution in [2.24, 2.45) is 0 Å². The summed E-state index contributed by atoms with van der Waals surface area (Å²) in [4.78, 5) is 35.0. The van der Waals surface area contributed by atoms with E-state index in [0.717, 1.165) is 16.7 Å². The molecule has 35 heavy (non-hydrogen) atoms. The van der Waals surface area contributed by atoms with E-state index in [1.807, 2.05) is 24.3 Å². The van der Waals surface area contributed by atoms with Crippen molar-refractivity contribution in [3.8, 4) is 11.1 Å². The minimum Gasteiger partial charge on any atom is -0.481 e. The molecule has 0 aliphatic heterocycles. The van der Waals surface area contributed by atoms with Gasteiger partial charge in [0.2, 0.25) is 5.91 Å². The highest BCUT2D eigenvalue weighted by molar-refractivity contribution is 5.90. The number of anilines is 1. The molecule has 3 aromatic carbocycles. The normalized spacial score (nSPS) is 11.9. The average molecular weight is 473 g/mol. The molecule has 7 heteroatoms. The second-order valence-corrected chi connectivity index (χ2v) is 8.49. The topological polar surface area (TPSA) is 105 Å². The average Bonchev–Trinajstić information content (AvgIpc) is 3.18. The van der Waals surface area contributed by atoms with E-state index >= 15 is 0 Å². The van der Waals surface area contributed by atoms with Crippen molar-refractivity contribution in [2.45, 2.75) is 31.6 Å². The van der Waals surface area contributed by atoms with Crippen LogP contribution < -0.4 is 10.6 Å². The monoisotopic (exact) mass is 472 g/mol. The number of amides is 2. The van der Waals surface area contributed by atoms with Crippen molar-refractivity contribution < 1.29 is 24.2 Å². The molecule has 0 unspecified atom stereocenters. The molecule has 0 radical (unpaired) electrons. The molecule has 0 heterocycles. The zero-order chi connectivity index (χ0) is 24.6. The molecule has 0 saturated heterocycles. The van der Waals surface area contributed by atoms with Crippen LogP contribution in [0.3, 0.4) is 0 Å². The van der Waals surface area contributed by atoms with Gasteiger partial charge in [-0.2, -0.15) is 0 Å². The predicted molar refractivity (Wildman–Crippen MR) is 133 cm³/mol. The summed E-state index contributed by atoms with van der Waals surface area (Å²) >= 11 is 0. The molecule has 7 nitrogen and oxygen atoms in total. The molecule has 0 bridgehead atoms. The lowest BCUT2D eigenvalue weighted by molar-refractivity contribution is -0.137. The third-order valence-corrected chi connectivity index (χ3v) is 6.06. The van der Waals surface area contributed by atoms with Gasteiger partial charge >= 0.3 is 12.1 Å². The van der Waals surface area contributed by atoms with Gasteiger partial charge in [0.25, 0.3) is 0 Å². The summed E-state index contributed by atoms with van der Waals surface area (Å²) in [6.07, 6.45) is 0.758.